The summed E-state index contributed by atoms with van der Waals surface area (Å²) >= 11 is 0. The van der Waals surface area contributed by atoms with Gasteiger partial charge in [0.25, 0.3) is 0 Å². The van der Waals surface area contributed by atoms with Crippen LogP contribution in [-0.4, -0.2) is 24.2 Å². The molecule has 0 amide bonds. The zero-order valence-corrected chi connectivity index (χ0v) is 14.8. The van der Waals surface area contributed by atoms with Gasteiger partial charge in [0.15, 0.2) is 17.3 Å². The maximum absolute atomic E-state index is 11.8. The summed E-state index contributed by atoms with van der Waals surface area (Å²) in [5.74, 6) is 1.87. The van der Waals surface area contributed by atoms with Gasteiger partial charge in [-0.2, -0.15) is 0 Å². The van der Waals surface area contributed by atoms with Crippen molar-refractivity contribution in [3.8, 4) is 17.2 Å². The molecule has 136 valence electrons. The zero-order valence-electron chi connectivity index (χ0n) is 14.8. The molecule has 3 rings (SSSR count). The molecular weight excluding hydrogens is 330 g/mol. The second-order valence-corrected chi connectivity index (χ2v) is 6.14. The maximum Gasteiger partial charge on any atom is 0.231 e. The third-order valence-corrected chi connectivity index (χ3v) is 4.23. The fraction of sp³-hybridized carbons (Fsp3) is 0.286. The highest BCUT2D eigenvalue weighted by atomic mass is 16.7. The average molecular weight is 353 g/mol. The Kier molecular flexibility index (Phi) is 5.79. The van der Waals surface area contributed by atoms with E-state index in [1.165, 1.54) is 5.56 Å². The molecule has 0 atom stereocenters. The molecule has 2 N–H and O–H groups in total. The fourth-order valence-electron chi connectivity index (χ4n) is 2.75. The van der Waals surface area contributed by atoms with Crippen LogP contribution in [0.4, 0.5) is 0 Å². The normalized spacial score (nSPS) is 12.9. The van der Waals surface area contributed by atoms with Crippen molar-refractivity contribution >= 4 is 11.5 Å². The molecule has 26 heavy (non-hydrogen) atoms. The molecule has 5 heteroatoms. The predicted molar refractivity (Wildman–Crippen MR) is 100 cm³/mol. The van der Waals surface area contributed by atoms with E-state index in [2.05, 4.69) is 5.32 Å². The lowest BCUT2D eigenvalue weighted by Crippen LogP contribution is -2.15. The number of rotatable bonds is 8. The van der Waals surface area contributed by atoms with E-state index in [9.17, 15) is 9.90 Å². The zero-order chi connectivity index (χ0) is 18.4. The van der Waals surface area contributed by atoms with E-state index in [1.807, 2.05) is 25.1 Å². The third kappa shape index (κ3) is 4.57. The number of phenols is 1. The van der Waals surface area contributed by atoms with Crippen molar-refractivity contribution in [1.29, 1.82) is 0 Å². The van der Waals surface area contributed by atoms with E-state index in [4.69, 9.17) is 9.47 Å². The van der Waals surface area contributed by atoms with Crippen molar-refractivity contribution in [2.45, 2.75) is 26.2 Å². The number of benzene rings is 2. The molecule has 1 aliphatic rings. The smallest absolute Gasteiger partial charge is 0.231 e. The number of ether oxygens (including phenoxy) is 2. The van der Waals surface area contributed by atoms with Crippen molar-refractivity contribution < 1.29 is 19.4 Å². The van der Waals surface area contributed by atoms with Gasteiger partial charge in [0.05, 0.1) is 0 Å². The number of carbonyl (C=O) groups is 1. The minimum Gasteiger partial charge on any atom is -0.508 e. The lowest BCUT2D eigenvalue weighted by Gasteiger charge is -2.12. The Morgan fingerprint density at radius 2 is 1.92 bits per heavy atom. The highest BCUT2D eigenvalue weighted by Crippen LogP contribution is 2.32. The van der Waals surface area contributed by atoms with Crippen molar-refractivity contribution in [3.05, 3.63) is 59.7 Å². The van der Waals surface area contributed by atoms with Crippen molar-refractivity contribution in [1.82, 2.24) is 5.32 Å². The molecule has 0 radical (unpaired) electrons. The summed E-state index contributed by atoms with van der Waals surface area (Å²) in [5.41, 5.74) is 2.85. The van der Waals surface area contributed by atoms with Crippen LogP contribution in [0.2, 0.25) is 0 Å². The molecule has 1 heterocycles. The maximum atomic E-state index is 11.8. The standard InChI is InChI=1S/C21H23NO4/c1-2-17(23)13-19(16-6-8-18(24)9-7-16)22-11-3-4-15-5-10-20-21(12-15)26-14-25-20/h5-10,12-13,22,24H,2-4,11,14H2,1H3. The van der Waals surface area contributed by atoms with Crippen LogP contribution in [0.5, 0.6) is 17.2 Å². The number of allylic oxidation sites excluding steroid dienone is 1. The SMILES string of the molecule is CCC(=O)C=C(NCCCc1ccc2c(c1)OCO2)c1ccc(O)cc1. The van der Waals surface area contributed by atoms with Crippen molar-refractivity contribution in [2.24, 2.45) is 0 Å². The minimum atomic E-state index is 0.0661. The third-order valence-electron chi connectivity index (χ3n) is 4.23. The van der Waals surface area contributed by atoms with E-state index in [0.717, 1.165) is 42.1 Å². The van der Waals surface area contributed by atoms with E-state index < -0.39 is 0 Å². The van der Waals surface area contributed by atoms with E-state index >= 15 is 0 Å². The number of fused-ring (bicyclic) bond motifs is 1. The number of aromatic hydroxyl groups is 1. The number of carbonyl (C=O) groups excluding carboxylic acids is 1. The summed E-state index contributed by atoms with van der Waals surface area (Å²) in [7, 11) is 0. The van der Waals surface area contributed by atoms with Crippen LogP contribution in [0.3, 0.4) is 0 Å². The largest absolute Gasteiger partial charge is 0.508 e. The molecule has 0 aromatic heterocycles. The molecule has 0 spiro atoms. The van der Waals surface area contributed by atoms with Gasteiger partial charge >= 0.3 is 0 Å². The van der Waals surface area contributed by atoms with E-state index in [0.29, 0.717) is 6.42 Å². The minimum absolute atomic E-state index is 0.0661. The van der Waals surface area contributed by atoms with Gasteiger partial charge in [0, 0.05) is 24.7 Å². The number of aryl methyl sites for hydroxylation is 1. The van der Waals surface area contributed by atoms with Crippen LogP contribution in [0.25, 0.3) is 5.70 Å². The summed E-state index contributed by atoms with van der Waals surface area (Å²) in [6, 6.07) is 12.8. The Morgan fingerprint density at radius 3 is 2.69 bits per heavy atom. The van der Waals surface area contributed by atoms with Gasteiger partial charge < -0.3 is 19.9 Å². The Labute approximate surface area is 153 Å². The van der Waals surface area contributed by atoms with Crippen LogP contribution in [0, 0.1) is 0 Å². The van der Waals surface area contributed by atoms with Crippen molar-refractivity contribution in [2.75, 3.05) is 13.3 Å². The molecular formula is C21H23NO4. The Hall–Kier alpha value is -2.95. The summed E-state index contributed by atoms with van der Waals surface area (Å²) in [5, 5.41) is 12.8. The van der Waals surface area contributed by atoms with Crippen molar-refractivity contribution in [3.63, 3.8) is 0 Å². The van der Waals surface area contributed by atoms with Gasteiger partial charge in [0.2, 0.25) is 6.79 Å². The molecule has 0 saturated heterocycles. The summed E-state index contributed by atoms with van der Waals surface area (Å²) in [6.07, 6.45) is 3.90. The molecule has 5 nitrogen and oxygen atoms in total. The first kappa shape index (κ1) is 17.9. The number of hydrogen-bond donors (Lipinski definition) is 2. The quantitative estimate of drug-likeness (QED) is 0.560. The summed E-state index contributed by atoms with van der Waals surface area (Å²) in [4.78, 5) is 11.8. The molecule has 0 aliphatic carbocycles. The molecule has 2 aromatic rings. The lowest BCUT2D eigenvalue weighted by molar-refractivity contribution is -0.114. The number of phenolic OH excluding ortho intramolecular Hbond substituents is 1. The Morgan fingerprint density at radius 1 is 1.15 bits per heavy atom. The molecule has 0 saturated carbocycles. The van der Waals surface area contributed by atoms with Gasteiger partial charge in [-0.15, -0.1) is 0 Å². The monoisotopic (exact) mass is 353 g/mol. The van der Waals surface area contributed by atoms with Crippen LogP contribution < -0.4 is 14.8 Å². The second kappa shape index (κ2) is 8.43. The van der Waals surface area contributed by atoms with Gasteiger partial charge in [-0.1, -0.05) is 13.0 Å². The number of ketones is 1. The number of hydrogen-bond acceptors (Lipinski definition) is 5. The van der Waals surface area contributed by atoms with E-state index in [1.54, 1.807) is 30.3 Å². The summed E-state index contributed by atoms with van der Waals surface area (Å²) in [6.45, 7) is 2.86. The molecule has 0 unspecified atom stereocenters. The van der Waals surface area contributed by atoms with Gasteiger partial charge in [-0.05, 0) is 60.4 Å². The average Bonchev–Trinajstić information content (AvgIpc) is 3.12. The highest BCUT2D eigenvalue weighted by Gasteiger charge is 2.13. The van der Waals surface area contributed by atoms with E-state index in [-0.39, 0.29) is 18.3 Å². The van der Waals surface area contributed by atoms with Gasteiger partial charge in [-0.3, -0.25) is 4.79 Å². The highest BCUT2D eigenvalue weighted by molar-refractivity contribution is 5.96. The van der Waals surface area contributed by atoms with Gasteiger partial charge in [0.1, 0.15) is 5.75 Å². The predicted octanol–water partition coefficient (Wildman–Crippen LogP) is 3.66. The van der Waals surface area contributed by atoms with Gasteiger partial charge in [-0.25, -0.2) is 0 Å². The molecule has 2 aromatic carbocycles. The first-order chi connectivity index (χ1) is 12.7. The number of nitrogens with one attached hydrogen (secondary N) is 1. The molecule has 1 aliphatic heterocycles. The first-order valence-corrected chi connectivity index (χ1v) is 8.82. The topological polar surface area (TPSA) is 67.8 Å². The van der Waals surface area contributed by atoms with Crippen LogP contribution in [0.15, 0.2) is 48.5 Å². The second-order valence-electron chi connectivity index (χ2n) is 6.14. The fourth-order valence-corrected chi connectivity index (χ4v) is 2.75. The Balaban J connectivity index is 1.58. The summed E-state index contributed by atoms with van der Waals surface area (Å²) < 4.78 is 10.7. The molecule has 0 fully saturated rings. The molecule has 0 bridgehead atoms. The van der Waals surface area contributed by atoms with Crippen LogP contribution in [0.1, 0.15) is 30.9 Å². The van der Waals surface area contributed by atoms with Crippen LogP contribution >= 0.6 is 0 Å². The first-order valence-electron chi connectivity index (χ1n) is 8.82. The Bertz CT molecular complexity index is 796. The van der Waals surface area contributed by atoms with Crippen LogP contribution in [-0.2, 0) is 11.2 Å². The lowest BCUT2D eigenvalue weighted by atomic mass is 10.1.